The van der Waals surface area contributed by atoms with Crippen LogP contribution in [0.5, 0.6) is 0 Å². The number of rotatable bonds is 6. The van der Waals surface area contributed by atoms with Crippen LogP contribution in [0.1, 0.15) is 31.7 Å². The average molecular weight is 288 g/mol. The molecule has 0 saturated heterocycles. The maximum absolute atomic E-state index is 12.4. The molecule has 0 saturated carbocycles. The van der Waals surface area contributed by atoms with Gasteiger partial charge in [0.1, 0.15) is 4.90 Å². The number of hydrogen-bond donors (Lipinski definition) is 2. The Morgan fingerprint density at radius 3 is 2.32 bits per heavy atom. The summed E-state index contributed by atoms with van der Waals surface area (Å²) in [5.41, 5.74) is 6.78. The van der Waals surface area contributed by atoms with Gasteiger partial charge in [-0.15, -0.1) is 0 Å². The minimum absolute atomic E-state index is 0.246. The molecule has 0 aliphatic carbocycles. The first kappa shape index (κ1) is 16.1. The second-order valence-corrected chi connectivity index (χ2v) is 6.96. The van der Waals surface area contributed by atoms with Gasteiger partial charge in [-0.25, -0.2) is 13.1 Å². The SMILES string of the molecule is Cc1nn(C)c(C)c1S(=O)(=O)N[C@H](CN)CC(C)C. The van der Waals surface area contributed by atoms with E-state index < -0.39 is 10.0 Å². The third-order valence-electron chi connectivity index (χ3n) is 3.07. The van der Waals surface area contributed by atoms with Crippen LogP contribution < -0.4 is 10.5 Å². The zero-order valence-corrected chi connectivity index (χ0v) is 13.1. The van der Waals surface area contributed by atoms with Crippen molar-refractivity contribution in [1.29, 1.82) is 0 Å². The minimum Gasteiger partial charge on any atom is -0.329 e. The number of aromatic nitrogens is 2. The fourth-order valence-electron chi connectivity index (χ4n) is 2.18. The van der Waals surface area contributed by atoms with Gasteiger partial charge in [0.2, 0.25) is 10.0 Å². The summed E-state index contributed by atoms with van der Waals surface area (Å²) in [5, 5.41) is 4.14. The van der Waals surface area contributed by atoms with Gasteiger partial charge in [0.05, 0.1) is 11.4 Å². The van der Waals surface area contributed by atoms with Crippen molar-refractivity contribution in [1.82, 2.24) is 14.5 Å². The Hall–Kier alpha value is -0.920. The molecule has 0 bridgehead atoms. The van der Waals surface area contributed by atoms with Crippen LogP contribution in [-0.4, -0.2) is 30.8 Å². The van der Waals surface area contributed by atoms with Crippen LogP contribution in [0.2, 0.25) is 0 Å². The van der Waals surface area contributed by atoms with E-state index >= 15 is 0 Å². The Morgan fingerprint density at radius 1 is 1.37 bits per heavy atom. The van der Waals surface area contributed by atoms with Crippen LogP contribution in [0, 0.1) is 19.8 Å². The third-order valence-corrected chi connectivity index (χ3v) is 4.85. The summed E-state index contributed by atoms with van der Waals surface area (Å²) in [6.45, 7) is 7.81. The smallest absolute Gasteiger partial charge is 0.244 e. The van der Waals surface area contributed by atoms with Crippen LogP contribution in [0.4, 0.5) is 0 Å². The molecule has 6 nitrogen and oxygen atoms in total. The van der Waals surface area contributed by atoms with Crippen molar-refractivity contribution >= 4 is 10.0 Å². The molecule has 0 spiro atoms. The lowest BCUT2D eigenvalue weighted by atomic mass is 10.1. The molecular formula is C12H24N4O2S. The molecule has 0 aliphatic rings. The number of sulfonamides is 1. The van der Waals surface area contributed by atoms with Gasteiger partial charge < -0.3 is 5.73 Å². The number of nitrogens with zero attached hydrogens (tertiary/aromatic N) is 2. The fourth-order valence-corrected chi connectivity index (χ4v) is 3.88. The lowest BCUT2D eigenvalue weighted by Gasteiger charge is -2.18. The number of nitrogens with one attached hydrogen (secondary N) is 1. The fraction of sp³-hybridized carbons (Fsp3) is 0.750. The average Bonchev–Trinajstić information content (AvgIpc) is 2.51. The van der Waals surface area contributed by atoms with Crippen molar-refractivity contribution in [3.8, 4) is 0 Å². The summed E-state index contributed by atoms with van der Waals surface area (Å²) in [5.74, 6) is 0.382. The number of hydrogen-bond acceptors (Lipinski definition) is 4. The molecular weight excluding hydrogens is 264 g/mol. The Morgan fingerprint density at radius 2 is 1.95 bits per heavy atom. The first-order valence-electron chi connectivity index (χ1n) is 6.41. The van der Waals surface area contributed by atoms with Gasteiger partial charge in [-0.1, -0.05) is 13.8 Å². The number of aryl methyl sites for hydroxylation is 2. The molecule has 0 aliphatic heterocycles. The Balaban J connectivity index is 3.04. The summed E-state index contributed by atoms with van der Waals surface area (Å²) in [6.07, 6.45) is 0.716. The summed E-state index contributed by atoms with van der Waals surface area (Å²) in [7, 11) is -1.84. The molecule has 0 aromatic carbocycles. The highest BCUT2D eigenvalue weighted by atomic mass is 32.2. The maximum Gasteiger partial charge on any atom is 0.244 e. The highest BCUT2D eigenvalue weighted by Crippen LogP contribution is 2.19. The van der Waals surface area contributed by atoms with E-state index in [1.165, 1.54) is 0 Å². The van der Waals surface area contributed by atoms with Crippen molar-refractivity contribution in [2.45, 2.75) is 45.1 Å². The molecule has 3 N–H and O–H groups in total. The van der Waals surface area contributed by atoms with Gasteiger partial charge in [-0.3, -0.25) is 4.68 Å². The Bertz CT molecular complexity index is 534. The minimum atomic E-state index is -3.57. The second-order valence-electron chi connectivity index (χ2n) is 5.31. The molecule has 1 aromatic rings. The molecule has 1 aromatic heterocycles. The van der Waals surface area contributed by atoms with Crippen LogP contribution in [0.25, 0.3) is 0 Å². The van der Waals surface area contributed by atoms with Crippen molar-refractivity contribution in [3.05, 3.63) is 11.4 Å². The normalized spacial score (nSPS) is 14.1. The molecule has 1 heterocycles. The van der Waals surface area contributed by atoms with Crippen LogP contribution in [0.15, 0.2) is 4.90 Å². The first-order chi connectivity index (χ1) is 8.69. The van der Waals surface area contributed by atoms with Gasteiger partial charge in [-0.2, -0.15) is 5.10 Å². The summed E-state index contributed by atoms with van der Waals surface area (Å²) in [6, 6.07) is -0.246. The van der Waals surface area contributed by atoms with Crippen molar-refractivity contribution in [2.75, 3.05) is 6.54 Å². The topological polar surface area (TPSA) is 90.0 Å². The molecule has 0 amide bonds. The van der Waals surface area contributed by atoms with E-state index in [-0.39, 0.29) is 17.5 Å². The third kappa shape index (κ3) is 3.77. The number of nitrogens with two attached hydrogens (primary N) is 1. The van der Waals surface area contributed by atoms with E-state index in [0.717, 1.165) is 0 Å². The second kappa shape index (κ2) is 6.02. The van der Waals surface area contributed by atoms with E-state index in [2.05, 4.69) is 9.82 Å². The van der Waals surface area contributed by atoms with E-state index in [1.54, 1.807) is 25.6 Å². The van der Waals surface area contributed by atoms with E-state index in [9.17, 15) is 8.42 Å². The molecule has 19 heavy (non-hydrogen) atoms. The largest absolute Gasteiger partial charge is 0.329 e. The Labute approximate surface area is 115 Å². The molecule has 1 atom stereocenters. The quantitative estimate of drug-likeness (QED) is 0.806. The Kier molecular flexibility index (Phi) is 5.11. The predicted octanol–water partition coefficient (Wildman–Crippen LogP) is 0.689. The van der Waals surface area contributed by atoms with Crippen molar-refractivity contribution < 1.29 is 8.42 Å². The van der Waals surface area contributed by atoms with Gasteiger partial charge in [0.15, 0.2) is 0 Å². The molecule has 0 radical (unpaired) electrons. The van der Waals surface area contributed by atoms with E-state index in [0.29, 0.717) is 23.7 Å². The zero-order valence-electron chi connectivity index (χ0n) is 12.3. The van der Waals surface area contributed by atoms with Crippen LogP contribution in [0.3, 0.4) is 0 Å². The van der Waals surface area contributed by atoms with Crippen LogP contribution >= 0.6 is 0 Å². The first-order valence-corrected chi connectivity index (χ1v) is 7.90. The molecule has 110 valence electrons. The molecule has 0 unspecified atom stereocenters. The van der Waals surface area contributed by atoms with E-state index in [1.807, 2.05) is 13.8 Å². The monoisotopic (exact) mass is 288 g/mol. The molecule has 0 fully saturated rings. The van der Waals surface area contributed by atoms with Gasteiger partial charge in [0.25, 0.3) is 0 Å². The lowest BCUT2D eigenvalue weighted by Crippen LogP contribution is -2.41. The lowest BCUT2D eigenvalue weighted by molar-refractivity contribution is 0.464. The predicted molar refractivity (Wildman–Crippen MR) is 75.3 cm³/mol. The van der Waals surface area contributed by atoms with Gasteiger partial charge in [0, 0.05) is 19.6 Å². The zero-order chi connectivity index (χ0) is 14.8. The summed E-state index contributed by atoms with van der Waals surface area (Å²) < 4.78 is 29.1. The van der Waals surface area contributed by atoms with Crippen molar-refractivity contribution in [3.63, 3.8) is 0 Å². The van der Waals surface area contributed by atoms with Crippen LogP contribution in [-0.2, 0) is 17.1 Å². The highest BCUT2D eigenvalue weighted by Gasteiger charge is 2.26. The summed E-state index contributed by atoms with van der Waals surface area (Å²) in [4.78, 5) is 0.261. The standard InChI is InChI=1S/C12H24N4O2S/c1-8(2)6-11(7-13)15-19(17,18)12-9(3)14-16(5)10(12)4/h8,11,15H,6-7,13H2,1-5H3/t11-/m0/s1. The maximum atomic E-state index is 12.4. The molecule has 1 rings (SSSR count). The molecule has 7 heteroatoms. The summed E-state index contributed by atoms with van der Waals surface area (Å²) >= 11 is 0. The van der Waals surface area contributed by atoms with E-state index in [4.69, 9.17) is 5.73 Å². The highest BCUT2D eigenvalue weighted by molar-refractivity contribution is 7.89. The van der Waals surface area contributed by atoms with Gasteiger partial charge >= 0.3 is 0 Å². The van der Waals surface area contributed by atoms with Gasteiger partial charge in [-0.05, 0) is 26.2 Å². The van der Waals surface area contributed by atoms with Crippen molar-refractivity contribution in [2.24, 2.45) is 18.7 Å².